The molecule has 1 heterocycles. The minimum absolute atomic E-state index is 0.190. The van der Waals surface area contributed by atoms with Gasteiger partial charge in [-0.1, -0.05) is 11.6 Å². The van der Waals surface area contributed by atoms with Gasteiger partial charge in [-0.2, -0.15) is 0 Å². The summed E-state index contributed by atoms with van der Waals surface area (Å²) >= 11 is 0. The van der Waals surface area contributed by atoms with E-state index in [9.17, 15) is 5.11 Å². The number of methoxy groups -OCH3 is 1. The zero-order chi connectivity index (χ0) is 11.5. The molecule has 0 spiro atoms. The van der Waals surface area contributed by atoms with E-state index in [2.05, 4.69) is 0 Å². The number of hydrogen-bond donors (Lipinski definition) is 1. The maximum absolute atomic E-state index is 10.3. The standard InChI is InChI=1S/C13H18O3/c1-9-3-4-12(15-2)11(7-9)13(14)10-5-6-16-8-10/h3-4,7,10,13-14H,5-6,8H2,1-2H3. The lowest BCUT2D eigenvalue weighted by Gasteiger charge is -2.19. The fourth-order valence-corrected chi connectivity index (χ4v) is 2.14. The van der Waals surface area contributed by atoms with Gasteiger partial charge in [0.05, 0.1) is 19.8 Å². The Kier molecular flexibility index (Phi) is 3.46. The molecule has 1 aliphatic heterocycles. The highest BCUT2D eigenvalue weighted by Crippen LogP contribution is 2.34. The van der Waals surface area contributed by atoms with Gasteiger partial charge in [-0.15, -0.1) is 0 Å². The lowest BCUT2D eigenvalue weighted by molar-refractivity contribution is 0.0896. The van der Waals surface area contributed by atoms with Crippen molar-refractivity contribution in [2.75, 3.05) is 20.3 Å². The number of benzene rings is 1. The van der Waals surface area contributed by atoms with Crippen molar-refractivity contribution in [3.8, 4) is 5.75 Å². The highest BCUT2D eigenvalue weighted by atomic mass is 16.5. The number of hydrogen-bond acceptors (Lipinski definition) is 3. The van der Waals surface area contributed by atoms with E-state index < -0.39 is 6.10 Å². The lowest BCUT2D eigenvalue weighted by Crippen LogP contribution is -2.13. The molecule has 2 unspecified atom stereocenters. The second-order valence-electron chi connectivity index (χ2n) is 4.31. The SMILES string of the molecule is COc1ccc(C)cc1C(O)C1CCOC1. The van der Waals surface area contributed by atoms with Gasteiger partial charge in [0, 0.05) is 18.1 Å². The molecule has 1 aliphatic rings. The van der Waals surface area contributed by atoms with Gasteiger partial charge in [0.2, 0.25) is 0 Å². The molecule has 1 saturated heterocycles. The third kappa shape index (κ3) is 2.20. The highest BCUT2D eigenvalue weighted by molar-refractivity contribution is 5.38. The van der Waals surface area contributed by atoms with Gasteiger partial charge in [0.15, 0.2) is 0 Å². The molecule has 0 saturated carbocycles. The molecule has 0 aliphatic carbocycles. The molecule has 1 N–H and O–H groups in total. The summed E-state index contributed by atoms with van der Waals surface area (Å²) in [5, 5.41) is 10.3. The number of aliphatic hydroxyl groups excluding tert-OH is 1. The van der Waals surface area contributed by atoms with Crippen LogP contribution in [-0.4, -0.2) is 25.4 Å². The lowest BCUT2D eigenvalue weighted by atomic mass is 9.93. The van der Waals surface area contributed by atoms with Gasteiger partial charge < -0.3 is 14.6 Å². The molecule has 0 bridgehead atoms. The zero-order valence-corrected chi connectivity index (χ0v) is 9.77. The van der Waals surface area contributed by atoms with Gasteiger partial charge in [0.1, 0.15) is 5.75 Å². The predicted molar refractivity (Wildman–Crippen MR) is 61.6 cm³/mol. The van der Waals surface area contributed by atoms with Crippen molar-refractivity contribution >= 4 is 0 Å². The number of aliphatic hydroxyl groups is 1. The maximum Gasteiger partial charge on any atom is 0.124 e. The predicted octanol–water partition coefficient (Wildman–Crippen LogP) is 2.07. The summed E-state index contributed by atoms with van der Waals surface area (Å²) in [6.45, 7) is 3.40. The Morgan fingerprint density at radius 2 is 2.31 bits per heavy atom. The summed E-state index contributed by atoms with van der Waals surface area (Å²) in [5.74, 6) is 0.945. The van der Waals surface area contributed by atoms with Crippen LogP contribution in [0.5, 0.6) is 5.75 Å². The van der Waals surface area contributed by atoms with Crippen molar-refractivity contribution in [1.82, 2.24) is 0 Å². The van der Waals surface area contributed by atoms with Crippen molar-refractivity contribution in [3.63, 3.8) is 0 Å². The molecule has 2 rings (SSSR count). The second kappa shape index (κ2) is 4.85. The van der Waals surface area contributed by atoms with E-state index in [4.69, 9.17) is 9.47 Å². The van der Waals surface area contributed by atoms with Crippen LogP contribution in [0.4, 0.5) is 0 Å². The van der Waals surface area contributed by atoms with Crippen LogP contribution in [0.2, 0.25) is 0 Å². The molecule has 88 valence electrons. The summed E-state index contributed by atoms with van der Waals surface area (Å²) in [5.41, 5.74) is 2.01. The van der Waals surface area contributed by atoms with E-state index in [1.54, 1.807) is 7.11 Å². The van der Waals surface area contributed by atoms with E-state index in [-0.39, 0.29) is 5.92 Å². The van der Waals surface area contributed by atoms with E-state index in [1.165, 1.54) is 0 Å². The fourth-order valence-electron chi connectivity index (χ4n) is 2.14. The number of ether oxygens (including phenoxy) is 2. The first-order chi connectivity index (χ1) is 7.72. The van der Waals surface area contributed by atoms with Crippen molar-refractivity contribution in [3.05, 3.63) is 29.3 Å². The summed E-state index contributed by atoms with van der Waals surface area (Å²) in [7, 11) is 1.63. The number of rotatable bonds is 3. The summed E-state index contributed by atoms with van der Waals surface area (Å²) in [4.78, 5) is 0. The van der Waals surface area contributed by atoms with E-state index in [1.807, 2.05) is 25.1 Å². The molecule has 0 aromatic heterocycles. The quantitative estimate of drug-likeness (QED) is 0.851. The van der Waals surface area contributed by atoms with Gasteiger partial charge in [0.25, 0.3) is 0 Å². The molecule has 1 aromatic rings. The van der Waals surface area contributed by atoms with Crippen LogP contribution in [0, 0.1) is 12.8 Å². The molecule has 2 atom stereocenters. The maximum atomic E-state index is 10.3. The normalized spacial score (nSPS) is 22.1. The van der Waals surface area contributed by atoms with E-state index in [0.29, 0.717) is 6.61 Å². The first-order valence-corrected chi connectivity index (χ1v) is 5.62. The monoisotopic (exact) mass is 222 g/mol. The topological polar surface area (TPSA) is 38.7 Å². The van der Waals surface area contributed by atoms with Crippen molar-refractivity contribution < 1.29 is 14.6 Å². The molecule has 1 aromatic carbocycles. The highest BCUT2D eigenvalue weighted by Gasteiger charge is 2.27. The Hall–Kier alpha value is -1.06. The molecule has 0 radical (unpaired) electrons. The first kappa shape index (κ1) is 11.4. The van der Waals surface area contributed by atoms with E-state index >= 15 is 0 Å². The molecule has 16 heavy (non-hydrogen) atoms. The van der Waals surface area contributed by atoms with Gasteiger partial charge in [-0.3, -0.25) is 0 Å². The molecular weight excluding hydrogens is 204 g/mol. The van der Waals surface area contributed by atoms with E-state index in [0.717, 1.165) is 29.9 Å². The van der Waals surface area contributed by atoms with Crippen LogP contribution < -0.4 is 4.74 Å². The Morgan fingerprint density at radius 1 is 1.50 bits per heavy atom. The minimum atomic E-state index is -0.489. The van der Waals surface area contributed by atoms with Crippen molar-refractivity contribution in [2.45, 2.75) is 19.4 Å². The summed E-state index contributed by atoms with van der Waals surface area (Å²) < 4.78 is 10.6. The summed E-state index contributed by atoms with van der Waals surface area (Å²) in [6.07, 6.45) is 0.426. The molecule has 3 nitrogen and oxygen atoms in total. The third-order valence-electron chi connectivity index (χ3n) is 3.12. The second-order valence-corrected chi connectivity index (χ2v) is 4.31. The third-order valence-corrected chi connectivity index (χ3v) is 3.12. The van der Waals surface area contributed by atoms with Crippen LogP contribution >= 0.6 is 0 Å². The molecule has 3 heteroatoms. The van der Waals surface area contributed by atoms with Gasteiger partial charge in [-0.25, -0.2) is 0 Å². The van der Waals surface area contributed by atoms with Crippen molar-refractivity contribution in [1.29, 1.82) is 0 Å². The van der Waals surface area contributed by atoms with Gasteiger partial charge >= 0.3 is 0 Å². The van der Waals surface area contributed by atoms with Gasteiger partial charge in [-0.05, 0) is 25.5 Å². The minimum Gasteiger partial charge on any atom is -0.496 e. The van der Waals surface area contributed by atoms with Crippen LogP contribution in [0.25, 0.3) is 0 Å². The molecular formula is C13H18O3. The van der Waals surface area contributed by atoms with Crippen LogP contribution in [0.1, 0.15) is 23.7 Å². The smallest absolute Gasteiger partial charge is 0.124 e. The number of aryl methyl sites for hydroxylation is 1. The van der Waals surface area contributed by atoms with Crippen LogP contribution in [0.15, 0.2) is 18.2 Å². The average molecular weight is 222 g/mol. The zero-order valence-electron chi connectivity index (χ0n) is 9.77. The van der Waals surface area contributed by atoms with Crippen LogP contribution in [0.3, 0.4) is 0 Å². The first-order valence-electron chi connectivity index (χ1n) is 5.62. The molecule has 0 amide bonds. The Labute approximate surface area is 96.0 Å². The average Bonchev–Trinajstić information content (AvgIpc) is 2.81. The Balaban J connectivity index is 2.26. The van der Waals surface area contributed by atoms with Crippen LogP contribution in [-0.2, 0) is 4.74 Å². The Bertz CT molecular complexity index is 356. The molecule has 1 fully saturated rings. The largest absolute Gasteiger partial charge is 0.496 e. The fraction of sp³-hybridized carbons (Fsp3) is 0.538. The Morgan fingerprint density at radius 3 is 2.94 bits per heavy atom. The van der Waals surface area contributed by atoms with Crippen molar-refractivity contribution in [2.24, 2.45) is 5.92 Å². The summed E-state index contributed by atoms with van der Waals surface area (Å²) in [6, 6.07) is 5.88.